The summed E-state index contributed by atoms with van der Waals surface area (Å²) < 4.78 is 50.0. The Labute approximate surface area is 137 Å². The number of alkyl halides is 3. The molecule has 0 bridgehead atoms. The van der Waals surface area contributed by atoms with Crippen LogP contribution < -0.4 is 5.56 Å². The molecule has 9 heteroatoms. The Morgan fingerprint density at radius 1 is 1.29 bits per heavy atom. The Kier molecular flexibility index (Phi) is 4.73. The van der Waals surface area contributed by atoms with Gasteiger partial charge in [0, 0.05) is 6.20 Å². The minimum Gasteiger partial charge on any atom is -0.400 e. The van der Waals surface area contributed by atoms with E-state index >= 15 is 0 Å². The van der Waals surface area contributed by atoms with Crippen molar-refractivity contribution in [3.63, 3.8) is 0 Å². The number of hydrogen-bond donors (Lipinski definition) is 2. The lowest BCUT2D eigenvalue weighted by molar-refractivity contribution is -0.138. The SMILES string of the molecule is CC1(C)OB(C(=Cc2c[nH]c(=O)c(C(F)(F)F)c2)CO)OC1(C)C. The number of aromatic amines is 1. The standard InChI is InChI=1S/C15H19BF3NO4/c1-13(2)14(3,4)24-16(23-13)10(8-21)5-9-6-11(15(17,18)19)12(22)20-7-9/h5-7,21H,8H2,1-4H3,(H,20,22). The molecule has 0 aromatic carbocycles. The quantitative estimate of drug-likeness (QED) is 0.826. The molecule has 0 unspecified atom stereocenters. The first-order valence-corrected chi connectivity index (χ1v) is 7.34. The van der Waals surface area contributed by atoms with Crippen molar-refractivity contribution in [3.8, 4) is 0 Å². The van der Waals surface area contributed by atoms with Gasteiger partial charge in [-0.15, -0.1) is 0 Å². The zero-order chi connectivity index (χ0) is 18.3. The molecule has 0 saturated carbocycles. The van der Waals surface area contributed by atoms with Crippen molar-refractivity contribution in [3.05, 3.63) is 39.2 Å². The van der Waals surface area contributed by atoms with Gasteiger partial charge >= 0.3 is 13.3 Å². The maximum absolute atomic E-state index is 12.8. The molecular weight excluding hydrogens is 326 g/mol. The highest BCUT2D eigenvalue weighted by Crippen LogP contribution is 2.38. The fourth-order valence-electron chi connectivity index (χ4n) is 2.19. The van der Waals surface area contributed by atoms with E-state index in [1.54, 1.807) is 0 Å². The summed E-state index contributed by atoms with van der Waals surface area (Å²) in [5, 5.41) is 9.55. The first kappa shape index (κ1) is 18.8. The third-order valence-corrected chi connectivity index (χ3v) is 4.32. The molecule has 24 heavy (non-hydrogen) atoms. The first-order valence-electron chi connectivity index (χ1n) is 7.34. The molecule has 1 fully saturated rings. The largest absolute Gasteiger partial charge is 0.492 e. The van der Waals surface area contributed by atoms with E-state index < -0.39 is 42.2 Å². The van der Waals surface area contributed by atoms with Crippen LogP contribution in [-0.4, -0.2) is 35.0 Å². The van der Waals surface area contributed by atoms with Crippen molar-refractivity contribution >= 4 is 13.2 Å². The predicted octanol–water partition coefficient (Wildman–Crippen LogP) is 2.40. The summed E-state index contributed by atoms with van der Waals surface area (Å²) in [6, 6.07) is 0.722. The highest BCUT2D eigenvalue weighted by molar-refractivity contribution is 6.55. The molecule has 1 aromatic heterocycles. The third-order valence-electron chi connectivity index (χ3n) is 4.32. The molecule has 2 heterocycles. The van der Waals surface area contributed by atoms with Crippen LogP contribution in [0.25, 0.3) is 6.08 Å². The number of halogens is 3. The van der Waals surface area contributed by atoms with Crippen molar-refractivity contribution in [2.75, 3.05) is 6.61 Å². The molecule has 0 spiro atoms. The van der Waals surface area contributed by atoms with Crippen LogP contribution in [0.1, 0.15) is 38.8 Å². The van der Waals surface area contributed by atoms with Crippen LogP contribution in [0.5, 0.6) is 0 Å². The van der Waals surface area contributed by atoms with Gasteiger partial charge in [0.05, 0.1) is 17.8 Å². The van der Waals surface area contributed by atoms with E-state index in [2.05, 4.69) is 0 Å². The van der Waals surface area contributed by atoms with Crippen molar-refractivity contribution < 1.29 is 27.6 Å². The second kappa shape index (κ2) is 6.05. The van der Waals surface area contributed by atoms with Crippen LogP contribution in [0.3, 0.4) is 0 Å². The Morgan fingerprint density at radius 3 is 2.29 bits per heavy atom. The highest BCUT2D eigenvalue weighted by atomic mass is 19.4. The maximum atomic E-state index is 12.8. The lowest BCUT2D eigenvalue weighted by atomic mass is 9.77. The van der Waals surface area contributed by atoms with E-state index in [1.165, 1.54) is 6.08 Å². The summed E-state index contributed by atoms with van der Waals surface area (Å²) >= 11 is 0. The van der Waals surface area contributed by atoms with Crippen LogP contribution >= 0.6 is 0 Å². The normalized spacial score (nSPS) is 20.5. The van der Waals surface area contributed by atoms with E-state index in [1.807, 2.05) is 32.7 Å². The van der Waals surface area contributed by atoms with Crippen molar-refractivity contribution in [1.82, 2.24) is 4.98 Å². The molecule has 2 rings (SSSR count). The number of aliphatic hydroxyl groups is 1. The average molecular weight is 345 g/mol. The second-order valence-electron chi connectivity index (χ2n) is 6.64. The van der Waals surface area contributed by atoms with Gasteiger partial charge in [-0.3, -0.25) is 4.79 Å². The molecule has 2 N–H and O–H groups in total. The Hall–Kier alpha value is -1.58. The zero-order valence-corrected chi connectivity index (χ0v) is 13.8. The molecule has 1 saturated heterocycles. The fraction of sp³-hybridized carbons (Fsp3) is 0.533. The topological polar surface area (TPSA) is 71.6 Å². The number of aromatic nitrogens is 1. The van der Waals surface area contributed by atoms with Crippen LogP contribution in [0.15, 0.2) is 22.5 Å². The van der Waals surface area contributed by atoms with E-state index in [0.717, 1.165) is 12.3 Å². The van der Waals surface area contributed by atoms with Gasteiger partial charge in [-0.05, 0) is 44.8 Å². The second-order valence-corrected chi connectivity index (χ2v) is 6.64. The molecule has 1 aromatic rings. The summed E-state index contributed by atoms with van der Waals surface area (Å²) in [5.74, 6) is 0. The molecule has 132 valence electrons. The highest BCUT2D eigenvalue weighted by Gasteiger charge is 2.52. The summed E-state index contributed by atoms with van der Waals surface area (Å²) in [4.78, 5) is 13.3. The van der Waals surface area contributed by atoms with Crippen molar-refractivity contribution in [2.24, 2.45) is 0 Å². The Bertz CT molecular complexity index is 693. The zero-order valence-electron chi connectivity index (χ0n) is 13.8. The van der Waals surface area contributed by atoms with Gasteiger partial charge < -0.3 is 19.4 Å². The lowest BCUT2D eigenvalue weighted by Crippen LogP contribution is -2.41. The molecule has 0 aliphatic carbocycles. The molecule has 0 amide bonds. The number of nitrogens with one attached hydrogen (secondary N) is 1. The van der Waals surface area contributed by atoms with Gasteiger partial charge in [0.2, 0.25) is 0 Å². The van der Waals surface area contributed by atoms with Crippen LogP contribution in [0.2, 0.25) is 0 Å². The number of pyridine rings is 1. The minimum absolute atomic E-state index is 0.0840. The molecular formula is C15H19BF3NO4. The maximum Gasteiger partial charge on any atom is 0.492 e. The summed E-state index contributed by atoms with van der Waals surface area (Å²) in [5.41, 5.74) is -3.47. The number of hydrogen-bond acceptors (Lipinski definition) is 4. The Balaban J connectivity index is 2.38. The Morgan fingerprint density at radius 2 is 1.83 bits per heavy atom. The lowest BCUT2D eigenvalue weighted by Gasteiger charge is -2.32. The third kappa shape index (κ3) is 3.58. The van der Waals surface area contributed by atoms with Gasteiger partial charge in [0.25, 0.3) is 5.56 Å². The van der Waals surface area contributed by atoms with Gasteiger partial charge in [-0.1, -0.05) is 6.08 Å². The number of H-pyrrole nitrogens is 1. The van der Waals surface area contributed by atoms with Gasteiger partial charge in [0.15, 0.2) is 0 Å². The molecule has 5 nitrogen and oxygen atoms in total. The molecule has 1 aliphatic heterocycles. The smallest absolute Gasteiger partial charge is 0.400 e. The molecule has 0 atom stereocenters. The summed E-state index contributed by atoms with van der Waals surface area (Å²) in [6.45, 7) is 6.83. The van der Waals surface area contributed by atoms with E-state index in [9.17, 15) is 23.1 Å². The molecule has 1 aliphatic rings. The van der Waals surface area contributed by atoms with E-state index in [-0.39, 0.29) is 11.0 Å². The van der Waals surface area contributed by atoms with Crippen LogP contribution in [0, 0.1) is 0 Å². The average Bonchev–Trinajstić information content (AvgIpc) is 2.65. The number of rotatable bonds is 3. The fourth-order valence-corrected chi connectivity index (χ4v) is 2.19. The first-order chi connectivity index (χ1) is 10.9. The van der Waals surface area contributed by atoms with Gasteiger partial charge in [-0.2, -0.15) is 13.2 Å². The van der Waals surface area contributed by atoms with Gasteiger partial charge in [-0.25, -0.2) is 0 Å². The van der Waals surface area contributed by atoms with Gasteiger partial charge in [0.1, 0.15) is 5.56 Å². The minimum atomic E-state index is -4.76. The van der Waals surface area contributed by atoms with Crippen molar-refractivity contribution in [1.29, 1.82) is 0 Å². The van der Waals surface area contributed by atoms with E-state index in [0.29, 0.717) is 0 Å². The van der Waals surface area contributed by atoms with Crippen LogP contribution in [0.4, 0.5) is 13.2 Å². The van der Waals surface area contributed by atoms with Crippen molar-refractivity contribution in [2.45, 2.75) is 45.1 Å². The monoisotopic (exact) mass is 345 g/mol. The molecule has 0 radical (unpaired) electrons. The summed E-state index contributed by atoms with van der Waals surface area (Å²) in [7, 11) is -0.888. The predicted molar refractivity (Wildman–Crippen MR) is 83.2 cm³/mol. The summed E-state index contributed by atoms with van der Waals surface area (Å²) in [6.07, 6.45) is -2.31. The van der Waals surface area contributed by atoms with E-state index in [4.69, 9.17) is 9.31 Å². The number of aliphatic hydroxyl groups excluding tert-OH is 1. The van der Waals surface area contributed by atoms with Crippen LogP contribution in [-0.2, 0) is 15.5 Å².